The minimum absolute atomic E-state index is 0.130. The van der Waals surface area contributed by atoms with Crippen LogP contribution in [0.15, 0.2) is 0 Å². The number of hydrogen-bond donors (Lipinski definition) is 1. The molecule has 4 nitrogen and oxygen atoms in total. The number of rotatable bonds is 5. The van der Waals surface area contributed by atoms with Crippen LogP contribution in [0.25, 0.3) is 0 Å². The van der Waals surface area contributed by atoms with Gasteiger partial charge in [-0.25, -0.2) is 8.42 Å². The van der Waals surface area contributed by atoms with Crippen molar-refractivity contribution in [3.63, 3.8) is 0 Å². The van der Waals surface area contributed by atoms with Crippen LogP contribution in [0.4, 0.5) is 0 Å². The average molecular weight is 289 g/mol. The van der Waals surface area contributed by atoms with Gasteiger partial charge in [-0.2, -0.15) is 0 Å². The Bertz CT molecular complexity index is 369. The van der Waals surface area contributed by atoms with Crippen molar-refractivity contribution in [1.29, 1.82) is 0 Å². The largest absolute Gasteiger partial charge is 0.375 e. The molecule has 5 heteroatoms. The van der Waals surface area contributed by atoms with E-state index in [4.69, 9.17) is 4.74 Å². The summed E-state index contributed by atoms with van der Waals surface area (Å²) in [5, 5.41) is 3.52. The van der Waals surface area contributed by atoms with Crippen LogP contribution in [-0.2, 0) is 14.6 Å². The Hall–Kier alpha value is -0.130. The van der Waals surface area contributed by atoms with E-state index in [1.165, 1.54) is 38.4 Å². The molecule has 1 heterocycles. The van der Waals surface area contributed by atoms with Crippen LogP contribution in [0.1, 0.15) is 51.4 Å². The third-order valence-electron chi connectivity index (χ3n) is 4.38. The van der Waals surface area contributed by atoms with Gasteiger partial charge < -0.3 is 10.1 Å². The molecule has 0 bridgehead atoms. The van der Waals surface area contributed by atoms with Crippen LogP contribution in [0.3, 0.4) is 0 Å². The molecule has 2 rings (SSSR count). The minimum atomic E-state index is -2.82. The van der Waals surface area contributed by atoms with E-state index < -0.39 is 9.84 Å². The highest BCUT2D eigenvalue weighted by Gasteiger charge is 2.38. The molecule has 1 spiro atoms. The van der Waals surface area contributed by atoms with Crippen molar-refractivity contribution in [2.75, 3.05) is 25.2 Å². The first-order valence-corrected chi connectivity index (χ1v) is 9.60. The van der Waals surface area contributed by atoms with Gasteiger partial charge >= 0.3 is 0 Å². The van der Waals surface area contributed by atoms with Gasteiger partial charge in [-0.3, -0.25) is 0 Å². The molecule has 2 aliphatic rings. The van der Waals surface area contributed by atoms with Gasteiger partial charge in [-0.05, 0) is 38.6 Å². The summed E-state index contributed by atoms with van der Waals surface area (Å²) in [5.74, 6) is 0.286. The van der Waals surface area contributed by atoms with Gasteiger partial charge in [0, 0.05) is 18.9 Å². The zero-order chi connectivity index (χ0) is 13.8. The summed E-state index contributed by atoms with van der Waals surface area (Å²) in [6, 6.07) is 0.506. The minimum Gasteiger partial charge on any atom is -0.375 e. The predicted octanol–water partition coefficient (Wildman–Crippen LogP) is 1.89. The van der Waals surface area contributed by atoms with Crippen LogP contribution in [0.2, 0.25) is 0 Å². The maximum absolute atomic E-state index is 11.1. The van der Waals surface area contributed by atoms with Crippen molar-refractivity contribution >= 4 is 9.84 Å². The molecule has 1 N–H and O–H groups in total. The summed E-state index contributed by atoms with van der Waals surface area (Å²) >= 11 is 0. The molecule has 112 valence electrons. The first kappa shape index (κ1) is 15.3. The third kappa shape index (κ3) is 5.04. The van der Waals surface area contributed by atoms with Crippen molar-refractivity contribution in [2.24, 2.45) is 0 Å². The monoisotopic (exact) mass is 289 g/mol. The SMILES string of the molecule is CS(=O)(=O)CCCNC1CCOC2(CCCCC2)C1. The highest BCUT2D eigenvalue weighted by molar-refractivity contribution is 7.90. The molecule has 1 aliphatic heterocycles. The number of hydrogen-bond acceptors (Lipinski definition) is 4. The fourth-order valence-corrected chi connectivity index (χ4v) is 4.06. The van der Waals surface area contributed by atoms with Crippen LogP contribution >= 0.6 is 0 Å². The summed E-state index contributed by atoms with van der Waals surface area (Å²) in [6.07, 6.45) is 10.5. The maximum atomic E-state index is 11.1. The van der Waals surface area contributed by atoms with E-state index in [1.54, 1.807) is 0 Å². The zero-order valence-corrected chi connectivity index (χ0v) is 12.8. The molecule has 1 aliphatic carbocycles. The van der Waals surface area contributed by atoms with Crippen LogP contribution < -0.4 is 5.32 Å². The molecule has 1 atom stereocenters. The molecule has 1 unspecified atom stereocenters. The van der Waals surface area contributed by atoms with Crippen molar-refractivity contribution in [2.45, 2.75) is 63.0 Å². The normalized spacial score (nSPS) is 27.5. The quantitative estimate of drug-likeness (QED) is 0.785. The molecule has 0 amide bonds. The van der Waals surface area contributed by atoms with Crippen molar-refractivity contribution < 1.29 is 13.2 Å². The smallest absolute Gasteiger partial charge is 0.147 e. The lowest BCUT2D eigenvalue weighted by Crippen LogP contribution is -2.48. The number of sulfone groups is 1. The second kappa shape index (κ2) is 6.55. The highest BCUT2D eigenvalue weighted by atomic mass is 32.2. The van der Waals surface area contributed by atoms with Crippen LogP contribution in [-0.4, -0.2) is 45.2 Å². The van der Waals surface area contributed by atoms with E-state index in [0.717, 1.165) is 26.0 Å². The molecular weight excluding hydrogens is 262 g/mol. The molecule has 0 aromatic rings. The van der Waals surface area contributed by atoms with Gasteiger partial charge in [0.25, 0.3) is 0 Å². The Morgan fingerprint density at radius 3 is 2.68 bits per heavy atom. The van der Waals surface area contributed by atoms with E-state index in [-0.39, 0.29) is 11.4 Å². The summed E-state index contributed by atoms with van der Waals surface area (Å²) in [6.45, 7) is 1.65. The van der Waals surface area contributed by atoms with Gasteiger partial charge in [-0.15, -0.1) is 0 Å². The molecule has 2 fully saturated rings. The Morgan fingerprint density at radius 2 is 2.00 bits per heavy atom. The molecule has 1 saturated carbocycles. The van der Waals surface area contributed by atoms with Gasteiger partial charge in [0.05, 0.1) is 11.4 Å². The van der Waals surface area contributed by atoms with Crippen LogP contribution in [0.5, 0.6) is 0 Å². The van der Waals surface area contributed by atoms with E-state index in [9.17, 15) is 8.42 Å². The standard InChI is InChI=1S/C14H27NO3S/c1-19(16,17)11-5-9-15-13-6-10-18-14(12-13)7-3-2-4-8-14/h13,15H,2-12H2,1H3. The lowest BCUT2D eigenvalue weighted by molar-refractivity contribution is -0.109. The van der Waals surface area contributed by atoms with Crippen molar-refractivity contribution in [3.05, 3.63) is 0 Å². The van der Waals surface area contributed by atoms with Gasteiger partial charge in [0.2, 0.25) is 0 Å². The van der Waals surface area contributed by atoms with Crippen molar-refractivity contribution in [1.82, 2.24) is 5.32 Å². The Labute approximate surface area is 117 Å². The van der Waals surface area contributed by atoms with Gasteiger partial charge in [0.1, 0.15) is 9.84 Å². The number of nitrogens with one attached hydrogen (secondary N) is 1. The molecular formula is C14H27NO3S. The molecule has 0 aromatic heterocycles. The number of ether oxygens (including phenoxy) is 1. The van der Waals surface area contributed by atoms with E-state index in [0.29, 0.717) is 12.5 Å². The lowest BCUT2D eigenvalue weighted by Gasteiger charge is -2.43. The fourth-order valence-electron chi connectivity index (χ4n) is 3.39. The maximum Gasteiger partial charge on any atom is 0.147 e. The van der Waals surface area contributed by atoms with E-state index in [1.807, 2.05) is 0 Å². The van der Waals surface area contributed by atoms with Crippen LogP contribution in [0, 0.1) is 0 Å². The Balaban J connectivity index is 1.72. The summed E-state index contributed by atoms with van der Waals surface area (Å²) in [4.78, 5) is 0. The molecule has 19 heavy (non-hydrogen) atoms. The highest BCUT2D eigenvalue weighted by Crippen LogP contribution is 2.38. The van der Waals surface area contributed by atoms with Gasteiger partial charge in [-0.1, -0.05) is 19.3 Å². The molecule has 0 aromatic carbocycles. The summed E-state index contributed by atoms with van der Waals surface area (Å²) in [5.41, 5.74) is 0.130. The lowest BCUT2D eigenvalue weighted by atomic mass is 9.78. The first-order valence-electron chi connectivity index (χ1n) is 7.54. The van der Waals surface area contributed by atoms with E-state index in [2.05, 4.69) is 5.32 Å². The summed E-state index contributed by atoms with van der Waals surface area (Å²) in [7, 11) is -2.82. The fraction of sp³-hybridized carbons (Fsp3) is 1.00. The second-order valence-corrected chi connectivity index (χ2v) is 8.48. The van der Waals surface area contributed by atoms with Gasteiger partial charge in [0.15, 0.2) is 0 Å². The first-order chi connectivity index (χ1) is 8.99. The average Bonchev–Trinajstić information content (AvgIpc) is 2.35. The molecule has 0 radical (unpaired) electrons. The summed E-state index contributed by atoms with van der Waals surface area (Å²) < 4.78 is 28.2. The zero-order valence-electron chi connectivity index (χ0n) is 12.0. The second-order valence-electron chi connectivity index (χ2n) is 6.22. The van der Waals surface area contributed by atoms with E-state index >= 15 is 0 Å². The Morgan fingerprint density at radius 1 is 1.26 bits per heavy atom. The topological polar surface area (TPSA) is 55.4 Å². The third-order valence-corrected chi connectivity index (χ3v) is 5.41. The Kier molecular flexibility index (Phi) is 5.26. The predicted molar refractivity (Wildman–Crippen MR) is 77.1 cm³/mol. The van der Waals surface area contributed by atoms with Crippen molar-refractivity contribution in [3.8, 4) is 0 Å². The molecule has 1 saturated heterocycles.